The van der Waals surface area contributed by atoms with Crippen molar-refractivity contribution >= 4 is 7.12 Å². The van der Waals surface area contributed by atoms with Gasteiger partial charge in [0.15, 0.2) is 0 Å². The second-order valence-electron chi connectivity index (χ2n) is 11.4. The van der Waals surface area contributed by atoms with Crippen molar-refractivity contribution < 1.29 is 19.5 Å². The Morgan fingerprint density at radius 2 is 1.35 bits per heavy atom. The summed E-state index contributed by atoms with van der Waals surface area (Å²) >= 11 is 0. The van der Waals surface area contributed by atoms with E-state index in [1.165, 1.54) is 51.4 Å². The lowest BCUT2D eigenvalue weighted by Crippen LogP contribution is -2.31. The van der Waals surface area contributed by atoms with Crippen LogP contribution in [0.4, 0.5) is 0 Å². The Hall–Kier alpha value is -2.30. The van der Waals surface area contributed by atoms with Crippen LogP contribution < -0.4 is 9.31 Å². The molecular formula is C32H47BO4. The minimum atomic E-state index is -0.405. The van der Waals surface area contributed by atoms with E-state index in [1.54, 1.807) is 12.1 Å². The predicted molar refractivity (Wildman–Crippen MR) is 153 cm³/mol. The molecule has 37 heavy (non-hydrogen) atoms. The Kier molecular flexibility index (Phi) is 10.5. The quantitative estimate of drug-likeness (QED) is 0.222. The van der Waals surface area contributed by atoms with Crippen LogP contribution in [0.3, 0.4) is 0 Å². The first-order valence-corrected chi connectivity index (χ1v) is 15.1. The van der Waals surface area contributed by atoms with Gasteiger partial charge in [-0.05, 0) is 91.0 Å². The van der Waals surface area contributed by atoms with Crippen LogP contribution in [0.2, 0.25) is 6.32 Å². The summed E-state index contributed by atoms with van der Waals surface area (Å²) in [5, 5.41) is 20.6. The third kappa shape index (κ3) is 7.85. The first kappa shape index (κ1) is 27.7. The molecule has 0 spiro atoms. The minimum absolute atomic E-state index is 0.303. The normalized spacial score (nSPS) is 20.5. The van der Waals surface area contributed by atoms with Crippen molar-refractivity contribution in [2.24, 2.45) is 5.92 Å². The molecule has 2 fully saturated rings. The molecule has 202 valence electrons. The Labute approximate surface area is 224 Å². The number of hydrogen-bond donors (Lipinski definition) is 2. The summed E-state index contributed by atoms with van der Waals surface area (Å²) in [5.74, 6) is 3.87. The second-order valence-corrected chi connectivity index (χ2v) is 11.4. The average molecular weight is 507 g/mol. The van der Waals surface area contributed by atoms with Crippen molar-refractivity contribution in [2.45, 2.75) is 122 Å². The molecule has 2 atom stereocenters. The number of benzene rings is 2. The van der Waals surface area contributed by atoms with E-state index in [4.69, 9.17) is 9.31 Å². The Morgan fingerprint density at radius 3 is 1.97 bits per heavy atom. The Bertz CT molecular complexity index is 971. The fourth-order valence-electron chi connectivity index (χ4n) is 6.45. The van der Waals surface area contributed by atoms with E-state index in [2.05, 4.69) is 13.8 Å². The van der Waals surface area contributed by atoms with Gasteiger partial charge in [0.2, 0.25) is 0 Å². The molecule has 2 aliphatic rings. The number of hydrogen-bond acceptors (Lipinski definition) is 4. The molecule has 4 rings (SSSR count). The van der Waals surface area contributed by atoms with Crippen molar-refractivity contribution in [3.63, 3.8) is 0 Å². The molecule has 0 radical (unpaired) electrons. The van der Waals surface area contributed by atoms with Crippen molar-refractivity contribution in [1.29, 1.82) is 0 Å². The molecule has 2 N–H and O–H groups in total. The highest BCUT2D eigenvalue weighted by Crippen LogP contribution is 2.43. The maximum atomic E-state index is 10.4. The lowest BCUT2D eigenvalue weighted by atomic mass is 9.76. The first-order valence-electron chi connectivity index (χ1n) is 15.1. The summed E-state index contributed by atoms with van der Waals surface area (Å²) in [7, 11) is -0.405. The molecule has 5 heteroatoms. The molecule has 2 aromatic rings. The topological polar surface area (TPSA) is 58.9 Å². The molecule has 2 unspecified atom stereocenters. The first-order chi connectivity index (χ1) is 18.1. The highest BCUT2D eigenvalue weighted by atomic mass is 16.6. The number of phenolic OH excluding ortho intramolecular Hbond substituents is 2. The van der Waals surface area contributed by atoms with E-state index in [-0.39, 0.29) is 0 Å². The fourth-order valence-corrected chi connectivity index (χ4v) is 6.45. The minimum Gasteiger partial charge on any atom is -0.526 e. The van der Waals surface area contributed by atoms with Gasteiger partial charge < -0.3 is 19.5 Å². The summed E-state index contributed by atoms with van der Waals surface area (Å²) in [6, 6.07) is 11.1. The van der Waals surface area contributed by atoms with Crippen LogP contribution in [-0.4, -0.2) is 17.3 Å². The van der Waals surface area contributed by atoms with E-state index < -0.39 is 7.12 Å². The molecule has 2 aromatic carbocycles. The van der Waals surface area contributed by atoms with Gasteiger partial charge in [0.1, 0.15) is 23.0 Å². The second kappa shape index (κ2) is 14.0. The maximum absolute atomic E-state index is 10.4. The van der Waals surface area contributed by atoms with Gasteiger partial charge >= 0.3 is 7.12 Å². The summed E-state index contributed by atoms with van der Waals surface area (Å²) in [5.41, 5.74) is 2.24. The molecule has 0 heterocycles. The van der Waals surface area contributed by atoms with Gasteiger partial charge in [0, 0.05) is 6.32 Å². The summed E-state index contributed by atoms with van der Waals surface area (Å²) in [4.78, 5) is 0. The summed E-state index contributed by atoms with van der Waals surface area (Å²) < 4.78 is 13.3. The highest BCUT2D eigenvalue weighted by Gasteiger charge is 2.30. The van der Waals surface area contributed by atoms with Crippen LogP contribution in [0.15, 0.2) is 36.4 Å². The third-order valence-corrected chi connectivity index (χ3v) is 8.64. The van der Waals surface area contributed by atoms with Crippen molar-refractivity contribution in [3.8, 4) is 23.0 Å². The van der Waals surface area contributed by atoms with Gasteiger partial charge in [0.05, 0.1) is 0 Å². The van der Waals surface area contributed by atoms with Crippen molar-refractivity contribution in [2.75, 3.05) is 0 Å². The van der Waals surface area contributed by atoms with Gasteiger partial charge in [0.25, 0.3) is 0 Å². The smallest absolute Gasteiger partial charge is 0.526 e. The van der Waals surface area contributed by atoms with Gasteiger partial charge in [-0.15, -0.1) is 0 Å². The van der Waals surface area contributed by atoms with Crippen molar-refractivity contribution in [3.05, 3.63) is 47.5 Å². The zero-order valence-electron chi connectivity index (χ0n) is 23.1. The van der Waals surface area contributed by atoms with Crippen LogP contribution in [0.5, 0.6) is 23.0 Å². The number of phenols is 2. The number of unbranched alkanes of at least 4 members (excludes halogenated alkanes) is 3. The maximum Gasteiger partial charge on any atom is 0.594 e. The van der Waals surface area contributed by atoms with Crippen LogP contribution in [0, 0.1) is 5.92 Å². The van der Waals surface area contributed by atoms with Gasteiger partial charge in [-0.2, -0.15) is 0 Å². The molecule has 4 nitrogen and oxygen atoms in total. The third-order valence-electron chi connectivity index (χ3n) is 8.64. The Balaban J connectivity index is 1.58. The van der Waals surface area contributed by atoms with E-state index in [1.807, 2.05) is 24.3 Å². The highest BCUT2D eigenvalue weighted by molar-refractivity contribution is 6.46. The molecular weight excluding hydrogens is 459 g/mol. The summed E-state index contributed by atoms with van der Waals surface area (Å²) in [6.07, 6.45) is 17.5. The van der Waals surface area contributed by atoms with Crippen LogP contribution in [0.25, 0.3) is 0 Å². The van der Waals surface area contributed by atoms with E-state index in [9.17, 15) is 10.2 Å². The molecule has 2 aliphatic carbocycles. The largest absolute Gasteiger partial charge is 0.594 e. The van der Waals surface area contributed by atoms with Gasteiger partial charge in [-0.25, -0.2) is 0 Å². The molecule has 0 aromatic heterocycles. The zero-order chi connectivity index (χ0) is 26.0. The van der Waals surface area contributed by atoms with Gasteiger partial charge in [-0.1, -0.05) is 78.1 Å². The fraction of sp³-hybridized carbons (Fsp3) is 0.625. The van der Waals surface area contributed by atoms with E-state index in [0.29, 0.717) is 23.3 Å². The lowest BCUT2D eigenvalue weighted by Gasteiger charge is -2.31. The monoisotopic (exact) mass is 506 g/mol. The SMILES string of the molecule is CCCCCCB(Oc1ccc(O)cc1C1CCCCC1)Oc1ccc(O)cc1C1CCCC(CC)C1. The molecule has 0 saturated heterocycles. The van der Waals surface area contributed by atoms with Crippen LogP contribution >= 0.6 is 0 Å². The van der Waals surface area contributed by atoms with E-state index >= 15 is 0 Å². The standard InChI is InChI=1S/C32H47BO4/c1-3-5-6-10-20-33(36-31-18-16-27(34)22-29(31)25-13-8-7-9-14-25)37-32-19-17-28(35)23-30(32)26-15-11-12-24(4-2)21-26/h16-19,22-26,34-35H,3-15,20-21H2,1-2H3. The Morgan fingerprint density at radius 1 is 0.730 bits per heavy atom. The van der Waals surface area contributed by atoms with Crippen molar-refractivity contribution in [1.82, 2.24) is 0 Å². The molecule has 0 amide bonds. The molecule has 0 aliphatic heterocycles. The van der Waals surface area contributed by atoms with Crippen LogP contribution in [0.1, 0.15) is 127 Å². The lowest BCUT2D eigenvalue weighted by molar-refractivity contribution is 0.309. The van der Waals surface area contributed by atoms with Crippen LogP contribution in [-0.2, 0) is 0 Å². The number of rotatable bonds is 12. The summed E-state index contributed by atoms with van der Waals surface area (Å²) in [6.45, 7) is 4.52. The van der Waals surface area contributed by atoms with E-state index in [0.717, 1.165) is 73.4 Å². The molecule has 0 bridgehead atoms. The van der Waals surface area contributed by atoms with Gasteiger partial charge in [-0.3, -0.25) is 0 Å². The number of aromatic hydroxyl groups is 2. The average Bonchev–Trinajstić information content (AvgIpc) is 2.93. The zero-order valence-corrected chi connectivity index (χ0v) is 23.1. The predicted octanol–water partition coefficient (Wildman–Crippen LogP) is 9.36. The molecule has 2 saturated carbocycles.